The van der Waals surface area contributed by atoms with Gasteiger partial charge in [0.15, 0.2) is 0 Å². The summed E-state index contributed by atoms with van der Waals surface area (Å²) in [4.78, 5) is 11.9. The highest BCUT2D eigenvalue weighted by Gasteiger charge is 2.11. The fourth-order valence-corrected chi connectivity index (χ4v) is 2.97. The second-order valence-electron chi connectivity index (χ2n) is 6.95. The minimum absolute atomic E-state index is 0.0234. The summed E-state index contributed by atoms with van der Waals surface area (Å²) in [6.45, 7) is 6.60. The minimum atomic E-state index is 0.0234. The Morgan fingerprint density at radius 3 is 1.70 bits per heavy atom. The zero-order valence-corrected chi connectivity index (χ0v) is 16.2. The van der Waals surface area contributed by atoms with Crippen LogP contribution < -0.4 is 0 Å². The first-order valence-electron chi connectivity index (χ1n) is 10.4. The molecule has 0 saturated heterocycles. The standard InChI is InChI=1S/C21H42O2/c1-4-7-9-11-12-13-14-15-17-19-21(22)23-20(6-3)18-16-10-8-5-2/h20H,4-19H2,1-3H3/t20-/m1/s1. The van der Waals surface area contributed by atoms with E-state index in [1.54, 1.807) is 0 Å². The highest BCUT2D eigenvalue weighted by molar-refractivity contribution is 5.69. The lowest BCUT2D eigenvalue weighted by atomic mass is 10.1. The van der Waals surface area contributed by atoms with E-state index in [1.165, 1.54) is 77.0 Å². The number of carbonyl (C=O) groups is 1. The van der Waals surface area contributed by atoms with Crippen molar-refractivity contribution in [2.24, 2.45) is 0 Å². The van der Waals surface area contributed by atoms with Crippen LogP contribution in [0.25, 0.3) is 0 Å². The molecule has 23 heavy (non-hydrogen) atoms. The molecule has 0 radical (unpaired) electrons. The predicted molar refractivity (Wildman–Crippen MR) is 101 cm³/mol. The van der Waals surface area contributed by atoms with Crippen molar-refractivity contribution in [3.8, 4) is 0 Å². The van der Waals surface area contributed by atoms with Crippen LogP contribution in [0.1, 0.15) is 124 Å². The van der Waals surface area contributed by atoms with Gasteiger partial charge in [0.1, 0.15) is 6.10 Å². The second-order valence-corrected chi connectivity index (χ2v) is 6.95. The van der Waals surface area contributed by atoms with Crippen LogP contribution in [0.4, 0.5) is 0 Å². The monoisotopic (exact) mass is 326 g/mol. The average Bonchev–Trinajstić information content (AvgIpc) is 2.56. The third-order valence-electron chi connectivity index (χ3n) is 4.62. The molecule has 0 aliphatic rings. The molecule has 0 fully saturated rings. The Bertz CT molecular complexity index is 250. The van der Waals surface area contributed by atoms with Crippen molar-refractivity contribution in [2.45, 2.75) is 130 Å². The molecule has 2 nitrogen and oxygen atoms in total. The van der Waals surface area contributed by atoms with Crippen LogP contribution in [0.3, 0.4) is 0 Å². The number of hydrogen-bond acceptors (Lipinski definition) is 2. The van der Waals surface area contributed by atoms with E-state index >= 15 is 0 Å². The lowest BCUT2D eigenvalue weighted by Gasteiger charge is -2.16. The zero-order valence-electron chi connectivity index (χ0n) is 16.2. The maximum atomic E-state index is 11.9. The van der Waals surface area contributed by atoms with E-state index in [9.17, 15) is 4.79 Å². The van der Waals surface area contributed by atoms with E-state index in [0.717, 1.165) is 19.3 Å². The van der Waals surface area contributed by atoms with Crippen molar-refractivity contribution < 1.29 is 9.53 Å². The maximum Gasteiger partial charge on any atom is 0.306 e. The van der Waals surface area contributed by atoms with Gasteiger partial charge in [0.25, 0.3) is 0 Å². The van der Waals surface area contributed by atoms with Crippen molar-refractivity contribution >= 4 is 5.97 Å². The SMILES string of the molecule is CCCCCCCCCCCC(=O)O[C@H](CC)CCCCCC. The molecule has 138 valence electrons. The largest absolute Gasteiger partial charge is 0.462 e. The molecule has 0 saturated carbocycles. The van der Waals surface area contributed by atoms with Crippen molar-refractivity contribution in [3.63, 3.8) is 0 Å². The van der Waals surface area contributed by atoms with Gasteiger partial charge in [0.05, 0.1) is 0 Å². The minimum Gasteiger partial charge on any atom is -0.462 e. The van der Waals surface area contributed by atoms with Gasteiger partial charge in [-0.2, -0.15) is 0 Å². The predicted octanol–water partition coefficient (Wildman–Crippen LogP) is 7.20. The van der Waals surface area contributed by atoms with Gasteiger partial charge in [-0.15, -0.1) is 0 Å². The van der Waals surface area contributed by atoms with E-state index in [-0.39, 0.29) is 12.1 Å². The Balaban J connectivity index is 3.46. The lowest BCUT2D eigenvalue weighted by molar-refractivity contribution is -0.149. The first-order valence-corrected chi connectivity index (χ1v) is 10.4. The van der Waals surface area contributed by atoms with E-state index in [4.69, 9.17) is 4.74 Å². The molecule has 0 aliphatic heterocycles. The molecule has 0 aromatic rings. The average molecular weight is 327 g/mol. The molecule has 0 spiro atoms. The van der Waals surface area contributed by atoms with Gasteiger partial charge in [-0.05, 0) is 25.7 Å². The summed E-state index contributed by atoms with van der Waals surface area (Å²) in [5.41, 5.74) is 0. The fraction of sp³-hybridized carbons (Fsp3) is 0.952. The molecule has 0 N–H and O–H groups in total. The fourth-order valence-electron chi connectivity index (χ4n) is 2.97. The Labute approximate surface area is 145 Å². The summed E-state index contributed by atoms with van der Waals surface area (Å²) in [5.74, 6) is 0.0234. The molecule has 0 unspecified atom stereocenters. The van der Waals surface area contributed by atoms with Crippen molar-refractivity contribution in [1.29, 1.82) is 0 Å². The summed E-state index contributed by atoms with van der Waals surface area (Å²) < 4.78 is 5.61. The van der Waals surface area contributed by atoms with Crippen LogP contribution in [-0.4, -0.2) is 12.1 Å². The van der Waals surface area contributed by atoms with Crippen molar-refractivity contribution in [1.82, 2.24) is 0 Å². The quantitative estimate of drug-likeness (QED) is 0.209. The van der Waals surface area contributed by atoms with Gasteiger partial charge in [-0.25, -0.2) is 0 Å². The summed E-state index contributed by atoms with van der Waals surface area (Å²) in [6.07, 6.45) is 19.4. The summed E-state index contributed by atoms with van der Waals surface area (Å²) in [6, 6.07) is 0. The van der Waals surface area contributed by atoms with Crippen molar-refractivity contribution in [2.75, 3.05) is 0 Å². The molecule has 1 atom stereocenters. The molecule has 0 aromatic heterocycles. The Morgan fingerprint density at radius 1 is 0.696 bits per heavy atom. The summed E-state index contributed by atoms with van der Waals surface area (Å²) >= 11 is 0. The Hall–Kier alpha value is -0.530. The number of rotatable bonds is 17. The van der Waals surface area contributed by atoms with E-state index in [1.807, 2.05) is 0 Å². The maximum absolute atomic E-state index is 11.9. The van der Waals surface area contributed by atoms with Crippen LogP contribution in [0.2, 0.25) is 0 Å². The zero-order chi connectivity index (χ0) is 17.2. The Kier molecular flexibility index (Phi) is 17.4. The highest BCUT2D eigenvalue weighted by atomic mass is 16.5. The number of unbranched alkanes of at least 4 members (excludes halogenated alkanes) is 11. The molecule has 2 heteroatoms. The van der Waals surface area contributed by atoms with E-state index < -0.39 is 0 Å². The number of esters is 1. The number of ether oxygens (including phenoxy) is 1. The van der Waals surface area contributed by atoms with Crippen LogP contribution in [-0.2, 0) is 9.53 Å². The summed E-state index contributed by atoms with van der Waals surface area (Å²) in [7, 11) is 0. The van der Waals surface area contributed by atoms with Gasteiger partial charge in [0, 0.05) is 6.42 Å². The van der Waals surface area contributed by atoms with Crippen LogP contribution in [0.15, 0.2) is 0 Å². The first-order chi connectivity index (χ1) is 11.2. The van der Waals surface area contributed by atoms with Crippen LogP contribution in [0, 0.1) is 0 Å². The van der Waals surface area contributed by atoms with Gasteiger partial charge < -0.3 is 4.74 Å². The molecule has 0 amide bonds. The summed E-state index contributed by atoms with van der Waals surface area (Å²) in [5, 5.41) is 0. The third kappa shape index (κ3) is 16.1. The Morgan fingerprint density at radius 2 is 1.17 bits per heavy atom. The third-order valence-corrected chi connectivity index (χ3v) is 4.62. The first kappa shape index (κ1) is 22.5. The topological polar surface area (TPSA) is 26.3 Å². The van der Waals surface area contributed by atoms with E-state index in [2.05, 4.69) is 20.8 Å². The molecule has 0 rings (SSSR count). The van der Waals surface area contributed by atoms with Crippen molar-refractivity contribution in [3.05, 3.63) is 0 Å². The van der Waals surface area contributed by atoms with Gasteiger partial charge in [0.2, 0.25) is 0 Å². The highest BCUT2D eigenvalue weighted by Crippen LogP contribution is 2.14. The molecular weight excluding hydrogens is 284 g/mol. The van der Waals surface area contributed by atoms with E-state index in [0.29, 0.717) is 6.42 Å². The van der Waals surface area contributed by atoms with Crippen LogP contribution >= 0.6 is 0 Å². The van der Waals surface area contributed by atoms with Gasteiger partial charge in [-0.3, -0.25) is 4.79 Å². The normalized spacial score (nSPS) is 12.3. The smallest absolute Gasteiger partial charge is 0.306 e. The van der Waals surface area contributed by atoms with Gasteiger partial charge >= 0.3 is 5.97 Å². The number of carbonyl (C=O) groups excluding carboxylic acids is 1. The molecule has 0 aromatic carbocycles. The molecule has 0 heterocycles. The lowest BCUT2D eigenvalue weighted by Crippen LogP contribution is -2.17. The molecular formula is C21H42O2. The van der Waals surface area contributed by atoms with Crippen LogP contribution in [0.5, 0.6) is 0 Å². The molecule has 0 aliphatic carbocycles. The second kappa shape index (κ2) is 17.8. The van der Waals surface area contributed by atoms with Gasteiger partial charge in [-0.1, -0.05) is 91.4 Å². The number of hydrogen-bond donors (Lipinski definition) is 0. The molecule has 0 bridgehead atoms.